The summed E-state index contributed by atoms with van der Waals surface area (Å²) in [6, 6.07) is 7.05. The standard InChI is InChI=1S/C7H6O5S.Na/c8-7(9)12-13(10,11)6-4-2-1-3-5-6;/h1-5H,(H,8,9);. The van der Waals surface area contributed by atoms with Gasteiger partial charge in [0.1, 0.15) is 4.90 Å². The van der Waals surface area contributed by atoms with E-state index in [1.807, 2.05) is 0 Å². The van der Waals surface area contributed by atoms with E-state index in [1.54, 1.807) is 6.07 Å². The molecule has 7 heteroatoms. The molecular weight excluding hydrogens is 219 g/mol. The molecule has 14 heavy (non-hydrogen) atoms. The Balaban J connectivity index is 0.00000169. The summed E-state index contributed by atoms with van der Waals surface area (Å²) in [5.74, 6) is 0. The normalized spacial score (nSPS) is 10.0. The topological polar surface area (TPSA) is 80.7 Å². The molecule has 0 unspecified atom stereocenters. The smallest absolute Gasteiger partial charge is 0.449 e. The monoisotopic (exact) mass is 225 g/mol. The Morgan fingerprint density at radius 2 is 1.71 bits per heavy atom. The molecule has 0 fully saturated rings. The fourth-order valence-corrected chi connectivity index (χ4v) is 1.50. The molecular formula is C7H6NaO5S. The SMILES string of the molecule is O=C(O)OS(=O)(=O)c1ccccc1.[Na]. The Bertz CT molecular complexity index is 399. The minimum atomic E-state index is -4.16. The first kappa shape index (κ1) is 13.4. The van der Waals surface area contributed by atoms with Gasteiger partial charge in [-0.2, -0.15) is 8.42 Å². The molecule has 0 aliphatic rings. The number of hydrogen-bond donors (Lipinski definition) is 1. The van der Waals surface area contributed by atoms with E-state index in [4.69, 9.17) is 5.11 Å². The van der Waals surface area contributed by atoms with Crippen LogP contribution >= 0.6 is 0 Å². The van der Waals surface area contributed by atoms with Gasteiger partial charge in [0.2, 0.25) is 0 Å². The zero-order valence-corrected chi connectivity index (χ0v) is 10.2. The molecule has 0 atom stereocenters. The van der Waals surface area contributed by atoms with Gasteiger partial charge < -0.3 is 9.29 Å². The van der Waals surface area contributed by atoms with Gasteiger partial charge in [-0.1, -0.05) is 18.2 Å². The Morgan fingerprint density at radius 3 is 2.14 bits per heavy atom. The summed E-state index contributed by atoms with van der Waals surface area (Å²) in [6.07, 6.45) is -1.84. The van der Waals surface area contributed by atoms with Gasteiger partial charge in [0.15, 0.2) is 0 Å². The number of carboxylic acid groups (broad SMARTS) is 1. The zero-order valence-electron chi connectivity index (χ0n) is 7.38. The van der Waals surface area contributed by atoms with Crippen LogP contribution in [0.15, 0.2) is 35.2 Å². The van der Waals surface area contributed by atoms with Crippen molar-refractivity contribution in [2.75, 3.05) is 0 Å². The minimum absolute atomic E-state index is 0. The van der Waals surface area contributed by atoms with Crippen molar-refractivity contribution in [2.45, 2.75) is 4.90 Å². The van der Waals surface area contributed by atoms with Crippen molar-refractivity contribution in [3.63, 3.8) is 0 Å². The summed E-state index contributed by atoms with van der Waals surface area (Å²) in [5.41, 5.74) is 0. The Labute approximate surface area is 103 Å². The second-order valence-corrected chi connectivity index (χ2v) is 3.66. The molecule has 1 rings (SSSR count). The molecule has 0 amide bonds. The van der Waals surface area contributed by atoms with E-state index in [1.165, 1.54) is 24.3 Å². The first-order valence-corrected chi connectivity index (χ1v) is 4.65. The summed E-state index contributed by atoms with van der Waals surface area (Å²) >= 11 is 0. The molecule has 0 aliphatic carbocycles. The first-order chi connectivity index (χ1) is 6.02. The van der Waals surface area contributed by atoms with E-state index >= 15 is 0 Å². The second-order valence-electron chi connectivity index (χ2n) is 2.12. The maximum Gasteiger partial charge on any atom is 0.522 e. The van der Waals surface area contributed by atoms with E-state index in [-0.39, 0.29) is 34.5 Å². The van der Waals surface area contributed by atoms with Gasteiger partial charge in [-0.25, -0.2) is 4.79 Å². The molecule has 5 nitrogen and oxygen atoms in total. The molecule has 1 N–H and O–H groups in total. The van der Waals surface area contributed by atoms with Gasteiger partial charge in [-0.3, -0.25) is 0 Å². The van der Waals surface area contributed by atoms with Crippen LogP contribution in [-0.4, -0.2) is 49.2 Å². The minimum Gasteiger partial charge on any atom is -0.449 e. The number of hydrogen-bond acceptors (Lipinski definition) is 4. The number of benzene rings is 1. The van der Waals surface area contributed by atoms with Crippen molar-refractivity contribution in [1.82, 2.24) is 0 Å². The third-order valence-electron chi connectivity index (χ3n) is 1.21. The predicted octanol–water partition coefficient (Wildman–Crippen LogP) is 0.689. The van der Waals surface area contributed by atoms with Crippen molar-refractivity contribution < 1.29 is 22.5 Å². The van der Waals surface area contributed by atoms with E-state index in [9.17, 15) is 13.2 Å². The van der Waals surface area contributed by atoms with Crippen LogP contribution in [-0.2, 0) is 14.3 Å². The summed E-state index contributed by atoms with van der Waals surface area (Å²) in [5, 5.41) is 8.11. The number of carbonyl (C=O) groups is 1. The fraction of sp³-hybridized carbons (Fsp3) is 0. The molecule has 0 bridgehead atoms. The van der Waals surface area contributed by atoms with Crippen LogP contribution < -0.4 is 0 Å². The molecule has 0 spiro atoms. The first-order valence-electron chi connectivity index (χ1n) is 3.25. The van der Waals surface area contributed by atoms with E-state index in [2.05, 4.69) is 4.18 Å². The third-order valence-corrected chi connectivity index (χ3v) is 2.42. The van der Waals surface area contributed by atoms with Crippen LogP contribution in [0, 0.1) is 0 Å². The molecule has 0 saturated carbocycles. The average molecular weight is 225 g/mol. The van der Waals surface area contributed by atoms with Crippen LogP contribution in [0.1, 0.15) is 0 Å². The Hall–Kier alpha value is -0.560. The van der Waals surface area contributed by atoms with Crippen LogP contribution in [0.3, 0.4) is 0 Å². The molecule has 1 radical (unpaired) electrons. The van der Waals surface area contributed by atoms with Gasteiger partial charge >= 0.3 is 16.3 Å². The van der Waals surface area contributed by atoms with Crippen LogP contribution in [0.25, 0.3) is 0 Å². The summed E-state index contributed by atoms with van der Waals surface area (Å²) < 4.78 is 25.8. The largest absolute Gasteiger partial charge is 0.522 e. The Kier molecular flexibility index (Phi) is 5.14. The van der Waals surface area contributed by atoms with E-state index in [0.29, 0.717) is 0 Å². The van der Waals surface area contributed by atoms with Crippen molar-refractivity contribution >= 4 is 45.8 Å². The maximum absolute atomic E-state index is 11.0. The molecule has 1 aromatic carbocycles. The molecule has 1 aromatic rings. The Morgan fingerprint density at radius 1 is 1.21 bits per heavy atom. The summed E-state index contributed by atoms with van der Waals surface area (Å²) in [7, 11) is -4.16. The van der Waals surface area contributed by atoms with Gasteiger partial charge in [0.05, 0.1) is 0 Å². The maximum atomic E-state index is 11.0. The summed E-state index contributed by atoms with van der Waals surface area (Å²) in [4.78, 5) is 9.80. The van der Waals surface area contributed by atoms with E-state index < -0.39 is 16.3 Å². The van der Waals surface area contributed by atoms with Crippen LogP contribution in [0.2, 0.25) is 0 Å². The van der Waals surface area contributed by atoms with Gasteiger partial charge in [-0.15, -0.1) is 0 Å². The average Bonchev–Trinajstić information content (AvgIpc) is 2.04. The molecule has 0 saturated heterocycles. The predicted molar refractivity (Wildman–Crippen MR) is 48.5 cm³/mol. The molecule has 0 aromatic heterocycles. The number of rotatable bonds is 2. The quantitative estimate of drug-likeness (QED) is 0.591. The van der Waals surface area contributed by atoms with Crippen molar-refractivity contribution in [1.29, 1.82) is 0 Å². The summed E-state index contributed by atoms with van der Waals surface area (Å²) in [6.45, 7) is 0. The van der Waals surface area contributed by atoms with Crippen molar-refractivity contribution in [2.24, 2.45) is 0 Å². The van der Waals surface area contributed by atoms with Gasteiger partial charge in [-0.05, 0) is 12.1 Å². The van der Waals surface area contributed by atoms with Crippen LogP contribution in [0.5, 0.6) is 0 Å². The molecule has 0 heterocycles. The van der Waals surface area contributed by atoms with Crippen molar-refractivity contribution in [3.05, 3.63) is 30.3 Å². The third kappa shape index (κ3) is 3.67. The van der Waals surface area contributed by atoms with E-state index in [0.717, 1.165) is 0 Å². The van der Waals surface area contributed by atoms with Crippen molar-refractivity contribution in [3.8, 4) is 0 Å². The molecule has 0 aliphatic heterocycles. The van der Waals surface area contributed by atoms with Gasteiger partial charge in [0, 0.05) is 29.6 Å². The zero-order chi connectivity index (χ0) is 9.90. The molecule has 71 valence electrons. The van der Waals surface area contributed by atoms with Crippen LogP contribution in [0.4, 0.5) is 4.79 Å². The fourth-order valence-electron chi connectivity index (χ4n) is 0.729. The second kappa shape index (κ2) is 5.35. The van der Waals surface area contributed by atoms with Gasteiger partial charge in [0.25, 0.3) is 0 Å².